The molecule has 128 valence electrons. The summed E-state index contributed by atoms with van der Waals surface area (Å²) in [5, 5.41) is 12.3. The number of hydrogen-bond acceptors (Lipinski definition) is 4. The fraction of sp³-hybridized carbons (Fsp3) is 0.467. The highest BCUT2D eigenvalue weighted by molar-refractivity contribution is 6.31. The third kappa shape index (κ3) is 5.57. The van der Waals surface area contributed by atoms with Crippen molar-refractivity contribution in [2.75, 3.05) is 32.1 Å². The fourth-order valence-corrected chi connectivity index (χ4v) is 2.74. The Labute approximate surface area is 146 Å². The molecule has 1 aromatic rings. The number of carbonyl (C=O) groups excluding carboxylic acids is 1. The number of carboxylic acid groups (broad SMARTS) is 1. The van der Waals surface area contributed by atoms with Gasteiger partial charge < -0.3 is 15.2 Å². The number of nitrogens with one attached hydrogen (secondary N) is 1. The molecule has 8 heteroatoms. The molecule has 1 aromatic carbocycles. The van der Waals surface area contributed by atoms with E-state index >= 15 is 0 Å². The molecule has 0 bridgehead atoms. The first-order valence-corrected chi connectivity index (χ1v) is 7.46. The topological polar surface area (TPSA) is 78.9 Å². The summed E-state index contributed by atoms with van der Waals surface area (Å²) in [4.78, 5) is 25.0. The van der Waals surface area contributed by atoms with E-state index < -0.39 is 11.9 Å². The predicted molar refractivity (Wildman–Crippen MR) is 90.7 cm³/mol. The van der Waals surface area contributed by atoms with Crippen molar-refractivity contribution in [3.05, 3.63) is 23.2 Å². The van der Waals surface area contributed by atoms with E-state index in [0.717, 1.165) is 13.0 Å². The number of carbonyl (C=O) groups is 2. The fourth-order valence-electron chi connectivity index (χ4n) is 2.57. The quantitative estimate of drug-likeness (QED) is 0.841. The number of nitrogens with zero attached hydrogens (tertiary/aromatic N) is 1. The van der Waals surface area contributed by atoms with Gasteiger partial charge in [-0.15, -0.1) is 12.4 Å². The van der Waals surface area contributed by atoms with Crippen LogP contribution in [0.15, 0.2) is 18.2 Å². The van der Waals surface area contributed by atoms with Gasteiger partial charge in [0, 0.05) is 11.6 Å². The van der Waals surface area contributed by atoms with Crippen molar-refractivity contribution in [3.63, 3.8) is 0 Å². The van der Waals surface area contributed by atoms with E-state index in [-0.39, 0.29) is 24.9 Å². The molecule has 1 heterocycles. The summed E-state index contributed by atoms with van der Waals surface area (Å²) in [6.07, 6.45) is 1.44. The predicted octanol–water partition coefficient (Wildman–Crippen LogP) is 2.51. The number of hydrogen-bond donors (Lipinski definition) is 2. The number of aliphatic carboxylic acids is 1. The lowest BCUT2D eigenvalue weighted by Crippen LogP contribution is -2.42. The van der Waals surface area contributed by atoms with Gasteiger partial charge in [-0.3, -0.25) is 14.5 Å². The Balaban J connectivity index is 0.00000264. The molecule has 1 atom stereocenters. The van der Waals surface area contributed by atoms with Gasteiger partial charge in [0.25, 0.3) is 0 Å². The minimum absolute atomic E-state index is 0. The molecule has 0 aromatic heterocycles. The summed E-state index contributed by atoms with van der Waals surface area (Å²) >= 11 is 5.92. The number of carboxylic acids is 1. The maximum atomic E-state index is 12.1. The molecule has 1 saturated heterocycles. The largest absolute Gasteiger partial charge is 0.495 e. The van der Waals surface area contributed by atoms with Crippen molar-refractivity contribution in [2.45, 2.75) is 12.8 Å². The van der Waals surface area contributed by atoms with Crippen LogP contribution >= 0.6 is 24.0 Å². The van der Waals surface area contributed by atoms with Gasteiger partial charge in [0.1, 0.15) is 5.75 Å². The molecule has 0 spiro atoms. The van der Waals surface area contributed by atoms with Crippen molar-refractivity contribution in [1.29, 1.82) is 0 Å². The molecule has 2 N–H and O–H groups in total. The van der Waals surface area contributed by atoms with Crippen molar-refractivity contribution in [2.24, 2.45) is 5.92 Å². The number of halogens is 2. The number of amides is 1. The van der Waals surface area contributed by atoms with Gasteiger partial charge in [-0.1, -0.05) is 11.6 Å². The van der Waals surface area contributed by atoms with E-state index in [4.69, 9.17) is 21.4 Å². The highest BCUT2D eigenvalue weighted by Gasteiger charge is 2.26. The first-order chi connectivity index (χ1) is 10.5. The standard InChI is InChI=1S/C15H19ClN2O4.ClH/c1-22-13-5-4-11(16)7-12(13)17-14(19)9-18-6-2-3-10(8-18)15(20)21;/h4-5,7,10H,2-3,6,8-9H2,1H3,(H,17,19)(H,20,21);1H. The van der Waals surface area contributed by atoms with Crippen LogP contribution in [0.3, 0.4) is 0 Å². The van der Waals surface area contributed by atoms with Crippen molar-refractivity contribution < 1.29 is 19.4 Å². The van der Waals surface area contributed by atoms with Crippen molar-refractivity contribution in [3.8, 4) is 5.75 Å². The number of benzene rings is 1. The molecule has 0 radical (unpaired) electrons. The molecule has 2 rings (SSSR count). The summed E-state index contributed by atoms with van der Waals surface area (Å²) in [6, 6.07) is 4.98. The zero-order valence-corrected chi connectivity index (χ0v) is 14.3. The Morgan fingerprint density at radius 2 is 2.22 bits per heavy atom. The van der Waals surface area contributed by atoms with E-state index in [1.807, 2.05) is 4.90 Å². The number of ether oxygens (including phenoxy) is 1. The monoisotopic (exact) mass is 362 g/mol. The van der Waals surface area contributed by atoms with Gasteiger partial charge in [0.15, 0.2) is 0 Å². The van der Waals surface area contributed by atoms with E-state index in [1.165, 1.54) is 7.11 Å². The molecule has 1 fully saturated rings. The van der Waals surface area contributed by atoms with Crippen LogP contribution in [-0.4, -0.2) is 48.6 Å². The van der Waals surface area contributed by atoms with Crippen LogP contribution in [0.5, 0.6) is 5.75 Å². The zero-order valence-electron chi connectivity index (χ0n) is 12.8. The Bertz CT molecular complexity index is 568. The van der Waals surface area contributed by atoms with Crippen LogP contribution in [-0.2, 0) is 9.59 Å². The van der Waals surface area contributed by atoms with Crippen LogP contribution in [0.4, 0.5) is 5.69 Å². The minimum Gasteiger partial charge on any atom is -0.495 e. The number of methoxy groups -OCH3 is 1. The lowest BCUT2D eigenvalue weighted by Gasteiger charge is -2.29. The molecule has 0 saturated carbocycles. The molecular formula is C15H20Cl2N2O4. The third-order valence-corrected chi connectivity index (χ3v) is 3.89. The van der Waals surface area contributed by atoms with E-state index in [9.17, 15) is 9.59 Å². The van der Waals surface area contributed by atoms with Crippen LogP contribution in [0.1, 0.15) is 12.8 Å². The van der Waals surface area contributed by atoms with Gasteiger partial charge in [-0.05, 0) is 37.6 Å². The SMILES string of the molecule is COc1ccc(Cl)cc1NC(=O)CN1CCCC(C(=O)O)C1.Cl. The van der Waals surface area contributed by atoms with Gasteiger partial charge in [-0.2, -0.15) is 0 Å². The maximum absolute atomic E-state index is 12.1. The Morgan fingerprint density at radius 1 is 1.48 bits per heavy atom. The number of likely N-dealkylation sites (tertiary alicyclic amines) is 1. The molecule has 0 aliphatic carbocycles. The average molecular weight is 363 g/mol. The Hall–Kier alpha value is -1.50. The molecule has 1 unspecified atom stereocenters. The molecule has 1 aliphatic heterocycles. The highest BCUT2D eigenvalue weighted by Crippen LogP contribution is 2.27. The van der Waals surface area contributed by atoms with Crippen molar-refractivity contribution in [1.82, 2.24) is 4.90 Å². The lowest BCUT2D eigenvalue weighted by molar-refractivity contribution is -0.144. The summed E-state index contributed by atoms with van der Waals surface area (Å²) < 4.78 is 5.18. The smallest absolute Gasteiger partial charge is 0.307 e. The Kier molecular flexibility index (Phi) is 7.61. The first-order valence-electron chi connectivity index (χ1n) is 7.08. The molecule has 1 amide bonds. The minimum atomic E-state index is -0.804. The van der Waals surface area contributed by atoms with Crippen LogP contribution in [0.25, 0.3) is 0 Å². The number of rotatable bonds is 5. The summed E-state index contributed by atoms with van der Waals surface area (Å²) in [5.74, 6) is -0.893. The lowest BCUT2D eigenvalue weighted by atomic mass is 9.98. The van der Waals surface area contributed by atoms with Gasteiger partial charge >= 0.3 is 5.97 Å². The van der Waals surface area contributed by atoms with E-state index in [0.29, 0.717) is 29.4 Å². The summed E-state index contributed by atoms with van der Waals surface area (Å²) in [7, 11) is 1.51. The van der Waals surface area contributed by atoms with E-state index in [2.05, 4.69) is 5.32 Å². The zero-order chi connectivity index (χ0) is 16.1. The average Bonchev–Trinajstić information content (AvgIpc) is 2.47. The second kappa shape index (κ2) is 8.96. The summed E-state index contributed by atoms with van der Waals surface area (Å²) in [5.41, 5.74) is 0.506. The molecular weight excluding hydrogens is 343 g/mol. The van der Waals surface area contributed by atoms with E-state index in [1.54, 1.807) is 18.2 Å². The Morgan fingerprint density at radius 3 is 2.87 bits per heavy atom. The first kappa shape index (κ1) is 19.5. The second-order valence-corrected chi connectivity index (χ2v) is 5.74. The second-order valence-electron chi connectivity index (χ2n) is 5.31. The molecule has 6 nitrogen and oxygen atoms in total. The molecule has 1 aliphatic rings. The van der Waals surface area contributed by atoms with Crippen molar-refractivity contribution >= 4 is 41.6 Å². The normalized spacial score (nSPS) is 17.9. The number of anilines is 1. The van der Waals surface area contributed by atoms with Crippen LogP contribution < -0.4 is 10.1 Å². The van der Waals surface area contributed by atoms with Gasteiger partial charge in [-0.25, -0.2) is 0 Å². The summed E-state index contributed by atoms with van der Waals surface area (Å²) in [6.45, 7) is 1.28. The maximum Gasteiger partial charge on any atom is 0.307 e. The third-order valence-electron chi connectivity index (χ3n) is 3.66. The van der Waals surface area contributed by atoms with Gasteiger partial charge in [0.2, 0.25) is 5.91 Å². The number of piperidine rings is 1. The van der Waals surface area contributed by atoms with Crippen LogP contribution in [0.2, 0.25) is 5.02 Å². The van der Waals surface area contributed by atoms with Crippen LogP contribution in [0, 0.1) is 5.92 Å². The van der Waals surface area contributed by atoms with Gasteiger partial charge in [0.05, 0.1) is 25.3 Å². The molecule has 23 heavy (non-hydrogen) atoms. The highest BCUT2D eigenvalue weighted by atomic mass is 35.5.